The smallest absolute Gasteiger partial charge is 0.159 e. The van der Waals surface area contributed by atoms with Crippen LogP contribution in [0.15, 0.2) is 22.7 Å². The summed E-state index contributed by atoms with van der Waals surface area (Å²) >= 11 is 9.61. The molecule has 1 fully saturated rings. The molecule has 0 N–H and O–H groups in total. The van der Waals surface area contributed by atoms with Crippen molar-refractivity contribution in [3.8, 4) is 0 Å². The minimum absolute atomic E-state index is 0.0277. The Labute approximate surface area is 113 Å². The van der Waals surface area contributed by atoms with Gasteiger partial charge in [-0.2, -0.15) is 5.10 Å². The van der Waals surface area contributed by atoms with Crippen molar-refractivity contribution in [2.75, 3.05) is 6.61 Å². The second-order valence-electron chi connectivity index (χ2n) is 4.22. The third kappa shape index (κ3) is 2.09. The molecular formula is C12H12BrClN2O. The number of hydrogen-bond acceptors (Lipinski definition) is 2. The summed E-state index contributed by atoms with van der Waals surface area (Å²) in [5.41, 5.74) is 1.03. The van der Waals surface area contributed by atoms with Gasteiger partial charge < -0.3 is 4.74 Å². The van der Waals surface area contributed by atoms with E-state index in [0.717, 1.165) is 34.8 Å². The van der Waals surface area contributed by atoms with Gasteiger partial charge in [0.2, 0.25) is 0 Å². The quantitative estimate of drug-likeness (QED) is 0.790. The molecule has 2 aromatic rings. The maximum absolute atomic E-state index is 6.16. The molecule has 2 heterocycles. The first kappa shape index (κ1) is 11.5. The fourth-order valence-corrected chi connectivity index (χ4v) is 2.81. The number of halogens is 2. The molecule has 0 amide bonds. The van der Waals surface area contributed by atoms with E-state index in [9.17, 15) is 0 Å². The summed E-state index contributed by atoms with van der Waals surface area (Å²) in [4.78, 5) is 0. The highest BCUT2D eigenvalue weighted by Crippen LogP contribution is 2.31. The van der Waals surface area contributed by atoms with Gasteiger partial charge in [-0.25, -0.2) is 4.68 Å². The van der Waals surface area contributed by atoms with E-state index in [1.165, 1.54) is 6.42 Å². The molecule has 1 atom stereocenters. The van der Waals surface area contributed by atoms with Crippen LogP contribution < -0.4 is 0 Å². The minimum Gasteiger partial charge on any atom is -0.356 e. The van der Waals surface area contributed by atoms with E-state index < -0.39 is 0 Å². The number of benzene rings is 1. The normalized spacial score (nSPS) is 20.9. The lowest BCUT2D eigenvalue weighted by molar-refractivity contribution is -0.0366. The van der Waals surface area contributed by atoms with Crippen molar-refractivity contribution in [1.82, 2.24) is 9.78 Å². The van der Waals surface area contributed by atoms with Crippen LogP contribution in [-0.4, -0.2) is 16.4 Å². The van der Waals surface area contributed by atoms with Crippen LogP contribution in [0.2, 0.25) is 5.15 Å². The van der Waals surface area contributed by atoms with Crippen LogP contribution >= 0.6 is 27.5 Å². The molecule has 0 bridgehead atoms. The van der Waals surface area contributed by atoms with E-state index in [2.05, 4.69) is 21.0 Å². The fourth-order valence-electron chi connectivity index (χ4n) is 2.21. The maximum atomic E-state index is 6.16. The number of nitrogens with zero attached hydrogens (tertiary/aromatic N) is 2. The third-order valence-electron chi connectivity index (χ3n) is 3.05. The molecule has 1 aromatic carbocycles. The van der Waals surface area contributed by atoms with Gasteiger partial charge in [0.25, 0.3) is 0 Å². The van der Waals surface area contributed by atoms with E-state index >= 15 is 0 Å². The molecule has 3 nitrogen and oxygen atoms in total. The maximum Gasteiger partial charge on any atom is 0.159 e. The molecule has 0 saturated carbocycles. The standard InChI is InChI=1S/C12H12BrClN2O/c13-8-4-5-10-9(7-8)12(14)15-16(10)11-3-1-2-6-17-11/h4-5,7,11H,1-3,6H2. The van der Waals surface area contributed by atoms with Crippen molar-refractivity contribution in [3.63, 3.8) is 0 Å². The minimum atomic E-state index is 0.0277. The van der Waals surface area contributed by atoms with E-state index in [-0.39, 0.29) is 6.23 Å². The molecule has 0 radical (unpaired) electrons. The average molecular weight is 316 g/mol. The largest absolute Gasteiger partial charge is 0.356 e. The Hall–Kier alpha value is -0.580. The van der Waals surface area contributed by atoms with Gasteiger partial charge in [0.15, 0.2) is 11.4 Å². The summed E-state index contributed by atoms with van der Waals surface area (Å²) in [6.45, 7) is 0.806. The lowest BCUT2D eigenvalue weighted by Crippen LogP contribution is -2.18. The second-order valence-corrected chi connectivity index (χ2v) is 5.49. The van der Waals surface area contributed by atoms with Crippen molar-refractivity contribution >= 4 is 38.4 Å². The molecule has 17 heavy (non-hydrogen) atoms. The Morgan fingerprint density at radius 3 is 3.06 bits per heavy atom. The number of ether oxygens (including phenoxy) is 1. The Balaban J connectivity index is 2.10. The lowest BCUT2D eigenvalue weighted by Gasteiger charge is -2.23. The molecule has 1 saturated heterocycles. The summed E-state index contributed by atoms with van der Waals surface area (Å²) in [5, 5.41) is 5.90. The van der Waals surface area contributed by atoms with Gasteiger partial charge in [-0.15, -0.1) is 0 Å². The molecule has 1 aromatic heterocycles. The summed E-state index contributed by atoms with van der Waals surface area (Å²) in [5.74, 6) is 0. The summed E-state index contributed by atoms with van der Waals surface area (Å²) in [7, 11) is 0. The van der Waals surface area contributed by atoms with Gasteiger partial charge in [-0.3, -0.25) is 0 Å². The van der Waals surface area contributed by atoms with E-state index in [1.54, 1.807) is 0 Å². The number of fused-ring (bicyclic) bond motifs is 1. The van der Waals surface area contributed by atoms with Crippen LogP contribution in [0.25, 0.3) is 10.9 Å². The zero-order valence-electron chi connectivity index (χ0n) is 9.20. The van der Waals surface area contributed by atoms with Crippen LogP contribution in [0, 0.1) is 0 Å². The zero-order valence-corrected chi connectivity index (χ0v) is 11.5. The molecular weight excluding hydrogens is 304 g/mol. The molecule has 0 spiro atoms. The van der Waals surface area contributed by atoms with Crippen molar-refractivity contribution in [2.24, 2.45) is 0 Å². The summed E-state index contributed by atoms with van der Waals surface area (Å²) in [6.07, 6.45) is 3.35. The van der Waals surface area contributed by atoms with Gasteiger partial charge in [0.1, 0.15) is 0 Å². The van der Waals surface area contributed by atoms with Gasteiger partial charge >= 0.3 is 0 Å². The Morgan fingerprint density at radius 1 is 1.41 bits per heavy atom. The molecule has 3 rings (SSSR count). The van der Waals surface area contributed by atoms with E-state index in [1.807, 2.05) is 22.9 Å². The van der Waals surface area contributed by atoms with Crippen LogP contribution in [0.4, 0.5) is 0 Å². The van der Waals surface area contributed by atoms with Crippen LogP contribution in [0.1, 0.15) is 25.5 Å². The predicted molar refractivity (Wildman–Crippen MR) is 71.3 cm³/mol. The first-order valence-corrected chi connectivity index (χ1v) is 6.87. The lowest BCUT2D eigenvalue weighted by atomic mass is 10.2. The number of rotatable bonds is 1. The zero-order chi connectivity index (χ0) is 11.8. The van der Waals surface area contributed by atoms with Gasteiger partial charge in [-0.05, 0) is 37.5 Å². The second kappa shape index (κ2) is 4.59. The van der Waals surface area contributed by atoms with Crippen LogP contribution in [-0.2, 0) is 4.74 Å². The van der Waals surface area contributed by atoms with Crippen LogP contribution in [0.3, 0.4) is 0 Å². The highest BCUT2D eigenvalue weighted by molar-refractivity contribution is 9.10. The summed E-state index contributed by atoms with van der Waals surface area (Å²) in [6, 6.07) is 6.01. The highest BCUT2D eigenvalue weighted by Gasteiger charge is 2.20. The first-order chi connectivity index (χ1) is 8.25. The number of hydrogen-bond donors (Lipinski definition) is 0. The van der Waals surface area contributed by atoms with Crippen molar-refractivity contribution in [3.05, 3.63) is 27.8 Å². The Kier molecular flexibility index (Phi) is 3.11. The first-order valence-electron chi connectivity index (χ1n) is 5.70. The Morgan fingerprint density at radius 2 is 2.29 bits per heavy atom. The van der Waals surface area contributed by atoms with Gasteiger partial charge in [0.05, 0.1) is 5.52 Å². The molecule has 1 aliphatic rings. The highest BCUT2D eigenvalue weighted by atomic mass is 79.9. The van der Waals surface area contributed by atoms with Crippen molar-refractivity contribution < 1.29 is 4.74 Å². The van der Waals surface area contributed by atoms with E-state index in [0.29, 0.717) is 5.15 Å². The van der Waals surface area contributed by atoms with Gasteiger partial charge in [-0.1, -0.05) is 27.5 Å². The van der Waals surface area contributed by atoms with Crippen LogP contribution in [0.5, 0.6) is 0 Å². The Bertz CT molecular complexity index is 549. The van der Waals surface area contributed by atoms with Crippen molar-refractivity contribution in [2.45, 2.75) is 25.5 Å². The van der Waals surface area contributed by atoms with Crippen molar-refractivity contribution in [1.29, 1.82) is 0 Å². The molecule has 1 unspecified atom stereocenters. The SMILES string of the molecule is Clc1nn(C2CCCCO2)c2ccc(Br)cc12. The number of aromatic nitrogens is 2. The molecule has 0 aliphatic carbocycles. The topological polar surface area (TPSA) is 27.1 Å². The summed E-state index contributed by atoms with van der Waals surface area (Å²) < 4.78 is 8.66. The molecule has 5 heteroatoms. The third-order valence-corrected chi connectivity index (χ3v) is 3.82. The molecule has 90 valence electrons. The average Bonchev–Trinajstić information content (AvgIpc) is 2.68. The van der Waals surface area contributed by atoms with E-state index in [4.69, 9.17) is 16.3 Å². The fraction of sp³-hybridized carbons (Fsp3) is 0.417. The molecule has 1 aliphatic heterocycles. The predicted octanol–water partition coefficient (Wildman–Crippen LogP) is 4.15. The monoisotopic (exact) mass is 314 g/mol. The van der Waals surface area contributed by atoms with Gasteiger partial charge in [0, 0.05) is 16.5 Å².